The number of aryl methyl sites for hydroxylation is 1. The molecule has 0 aliphatic heterocycles. The van der Waals surface area contributed by atoms with Crippen LogP contribution in [0.3, 0.4) is 0 Å². The van der Waals surface area contributed by atoms with Gasteiger partial charge in [-0.25, -0.2) is 0 Å². The highest BCUT2D eigenvalue weighted by Gasteiger charge is 2.06. The summed E-state index contributed by atoms with van der Waals surface area (Å²) in [7, 11) is 3.36. The van der Waals surface area contributed by atoms with Crippen LogP contribution in [0.5, 0.6) is 11.5 Å². The van der Waals surface area contributed by atoms with E-state index >= 15 is 0 Å². The van der Waals surface area contributed by atoms with Crippen molar-refractivity contribution in [3.8, 4) is 11.5 Å². The summed E-state index contributed by atoms with van der Waals surface area (Å²) in [5.41, 5.74) is 3.36. The molecule has 0 unspecified atom stereocenters. The smallest absolute Gasteiger partial charge is 0.122 e. The number of hydrogen-bond acceptors (Lipinski definition) is 3. The summed E-state index contributed by atoms with van der Waals surface area (Å²) in [5.74, 6) is 1.73. The van der Waals surface area contributed by atoms with Gasteiger partial charge in [-0.15, -0.1) is 0 Å². The molecular weight excluding hydrogens is 298 g/mol. The Morgan fingerprint density at radius 2 is 1.86 bits per heavy atom. The fraction of sp³-hybridized carbons (Fsp3) is 0.333. The average molecular weight is 320 g/mol. The number of hydrogen-bond donors (Lipinski definition) is 1. The minimum atomic E-state index is 0.757. The van der Waals surface area contributed by atoms with Gasteiger partial charge in [-0.05, 0) is 54.8 Å². The zero-order chi connectivity index (χ0) is 15.9. The quantitative estimate of drug-likeness (QED) is 0.783. The van der Waals surface area contributed by atoms with E-state index < -0.39 is 0 Å². The monoisotopic (exact) mass is 319 g/mol. The lowest BCUT2D eigenvalue weighted by atomic mass is 10.1. The Bertz CT molecular complexity index is 628. The maximum absolute atomic E-state index is 6.30. The van der Waals surface area contributed by atoms with E-state index in [4.69, 9.17) is 21.1 Å². The molecule has 0 aliphatic carbocycles. The van der Waals surface area contributed by atoms with E-state index in [1.165, 1.54) is 0 Å². The van der Waals surface area contributed by atoms with Crippen LogP contribution in [0.2, 0.25) is 5.02 Å². The van der Waals surface area contributed by atoms with E-state index in [0.717, 1.165) is 52.7 Å². The zero-order valence-corrected chi connectivity index (χ0v) is 14.0. The molecule has 0 aliphatic rings. The summed E-state index contributed by atoms with van der Waals surface area (Å²) in [6, 6.07) is 12.0. The van der Waals surface area contributed by atoms with Gasteiger partial charge in [0.15, 0.2) is 0 Å². The second-order valence-corrected chi connectivity index (χ2v) is 5.53. The molecule has 22 heavy (non-hydrogen) atoms. The molecule has 4 heteroatoms. The third kappa shape index (κ3) is 4.15. The highest BCUT2D eigenvalue weighted by molar-refractivity contribution is 6.32. The highest BCUT2D eigenvalue weighted by Crippen LogP contribution is 2.24. The van der Waals surface area contributed by atoms with Crippen LogP contribution in [0.15, 0.2) is 36.4 Å². The molecule has 0 radical (unpaired) electrons. The van der Waals surface area contributed by atoms with Crippen molar-refractivity contribution in [2.24, 2.45) is 0 Å². The van der Waals surface area contributed by atoms with Gasteiger partial charge in [0.1, 0.15) is 11.5 Å². The second-order valence-electron chi connectivity index (χ2n) is 5.15. The fourth-order valence-electron chi connectivity index (χ4n) is 2.37. The summed E-state index contributed by atoms with van der Waals surface area (Å²) in [5, 5.41) is 4.27. The predicted octanol–water partition coefficient (Wildman–Crippen LogP) is 4.00. The van der Waals surface area contributed by atoms with E-state index in [0.29, 0.717) is 0 Å². The molecule has 3 nitrogen and oxygen atoms in total. The van der Waals surface area contributed by atoms with Crippen LogP contribution < -0.4 is 14.8 Å². The van der Waals surface area contributed by atoms with Gasteiger partial charge in [0, 0.05) is 11.6 Å². The molecule has 1 N–H and O–H groups in total. The van der Waals surface area contributed by atoms with E-state index in [9.17, 15) is 0 Å². The van der Waals surface area contributed by atoms with Crippen LogP contribution in [0.25, 0.3) is 0 Å². The van der Waals surface area contributed by atoms with Crippen molar-refractivity contribution in [1.82, 2.24) is 5.32 Å². The molecule has 0 saturated heterocycles. The van der Waals surface area contributed by atoms with Crippen LogP contribution in [-0.4, -0.2) is 20.8 Å². The zero-order valence-electron chi connectivity index (χ0n) is 13.3. The van der Waals surface area contributed by atoms with Crippen LogP contribution in [0.1, 0.15) is 16.7 Å². The molecule has 0 aromatic heterocycles. The molecule has 0 bridgehead atoms. The number of methoxy groups -OCH3 is 2. The van der Waals surface area contributed by atoms with E-state index in [-0.39, 0.29) is 0 Å². The SMILES string of the molecule is COc1ccc(OC)c(CCNCc2cccc(C)c2Cl)c1. The van der Waals surface area contributed by atoms with Gasteiger partial charge < -0.3 is 14.8 Å². The summed E-state index contributed by atoms with van der Waals surface area (Å²) < 4.78 is 10.7. The molecule has 2 rings (SSSR count). The maximum atomic E-state index is 6.30. The third-order valence-electron chi connectivity index (χ3n) is 3.65. The van der Waals surface area contributed by atoms with Gasteiger partial charge in [-0.2, -0.15) is 0 Å². The van der Waals surface area contributed by atoms with Crippen molar-refractivity contribution >= 4 is 11.6 Å². The van der Waals surface area contributed by atoms with E-state index in [1.807, 2.05) is 37.3 Å². The van der Waals surface area contributed by atoms with Gasteiger partial charge >= 0.3 is 0 Å². The standard InChI is InChI=1S/C18H22ClNO2/c1-13-5-4-6-15(18(13)19)12-20-10-9-14-11-16(21-2)7-8-17(14)22-3/h4-8,11,20H,9-10,12H2,1-3H3. The molecule has 0 heterocycles. The van der Waals surface area contributed by atoms with Crippen LogP contribution in [0, 0.1) is 6.92 Å². The Kier molecular flexibility index (Phi) is 6.10. The van der Waals surface area contributed by atoms with Crippen molar-refractivity contribution in [2.75, 3.05) is 20.8 Å². The Morgan fingerprint density at radius 1 is 1.05 bits per heavy atom. The van der Waals surface area contributed by atoms with E-state index in [1.54, 1.807) is 14.2 Å². The lowest BCUT2D eigenvalue weighted by Crippen LogP contribution is -2.17. The number of nitrogens with one attached hydrogen (secondary N) is 1. The second kappa shape index (κ2) is 8.06. The van der Waals surface area contributed by atoms with Crippen molar-refractivity contribution in [3.63, 3.8) is 0 Å². The Labute approximate surface area is 137 Å². The molecule has 0 amide bonds. The minimum absolute atomic E-state index is 0.757. The number of ether oxygens (including phenoxy) is 2. The van der Waals surface area contributed by atoms with Gasteiger partial charge in [-0.3, -0.25) is 0 Å². The predicted molar refractivity (Wildman–Crippen MR) is 91.1 cm³/mol. The topological polar surface area (TPSA) is 30.5 Å². The normalized spacial score (nSPS) is 10.5. The Hall–Kier alpha value is -1.71. The van der Waals surface area contributed by atoms with Gasteiger partial charge in [0.25, 0.3) is 0 Å². The molecule has 2 aromatic carbocycles. The van der Waals surface area contributed by atoms with Crippen LogP contribution in [0.4, 0.5) is 0 Å². The lowest BCUT2D eigenvalue weighted by Gasteiger charge is -2.12. The third-order valence-corrected chi connectivity index (χ3v) is 4.19. The first-order valence-corrected chi connectivity index (χ1v) is 7.69. The summed E-state index contributed by atoms with van der Waals surface area (Å²) in [6.45, 7) is 3.62. The molecule has 0 atom stereocenters. The Morgan fingerprint density at radius 3 is 2.59 bits per heavy atom. The number of halogens is 1. The molecular formula is C18H22ClNO2. The van der Waals surface area contributed by atoms with Crippen LogP contribution >= 0.6 is 11.6 Å². The van der Waals surface area contributed by atoms with Crippen molar-refractivity contribution in [3.05, 3.63) is 58.1 Å². The minimum Gasteiger partial charge on any atom is -0.497 e. The molecule has 0 saturated carbocycles. The molecule has 0 fully saturated rings. The lowest BCUT2D eigenvalue weighted by molar-refractivity contribution is 0.398. The highest BCUT2D eigenvalue weighted by atomic mass is 35.5. The van der Waals surface area contributed by atoms with Crippen molar-refractivity contribution in [1.29, 1.82) is 0 Å². The summed E-state index contributed by atoms with van der Waals surface area (Å²) >= 11 is 6.30. The fourth-order valence-corrected chi connectivity index (χ4v) is 2.56. The summed E-state index contributed by atoms with van der Waals surface area (Å²) in [6.07, 6.45) is 0.865. The first-order valence-electron chi connectivity index (χ1n) is 7.31. The van der Waals surface area contributed by atoms with Gasteiger partial charge in [-0.1, -0.05) is 29.8 Å². The van der Waals surface area contributed by atoms with Gasteiger partial charge in [0.2, 0.25) is 0 Å². The average Bonchev–Trinajstić information content (AvgIpc) is 2.55. The van der Waals surface area contributed by atoms with E-state index in [2.05, 4.69) is 11.4 Å². The van der Waals surface area contributed by atoms with Crippen molar-refractivity contribution in [2.45, 2.75) is 19.9 Å². The largest absolute Gasteiger partial charge is 0.497 e. The first kappa shape index (κ1) is 16.7. The van der Waals surface area contributed by atoms with Crippen LogP contribution in [-0.2, 0) is 13.0 Å². The molecule has 0 spiro atoms. The maximum Gasteiger partial charge on any atom is 0.122 e. The molecule has 2 aromatic rings. The first-order chi connectivity index (χ1) is 10.7. The number of benzene rings is 2. The number of rotatable bonds is 7. The Balaban J connectivity index is 1.92. The molecule has 118 valence electrons. The van der Waals surface area contributed by atoms with Gasteiger partial charge in [0.05, 0.1) is 14.2 Å². The van der Waals surface area contributed by atoms with Crippen molar-refractivity contribution < 1.29 is 9.47 Å². The summed E-state index contributed by atoms with van der Waals surface area (Å²) in [4.78, 5) is 0.